The van der Waals surface area contributed by atoms with Gasteiger partial charge >= 0.3 is 6.03 Å². The fourth-order valence-electron chi connectivity index (χ4n) is 4.36. The Morgan fingerprint density at radius 3 is 2.45 bits per heavy atom. The number of nitrogens with zero attached hydrogens (tertiary/aromatic N) is 5. The molecule has 3 heterocycles. The number of anilines is 1. The molecule has 2 saturated heterocycles. The molecular weight excluding hydrogens is 418 g/mol. The van der Waals surface area contributed by atoms with E-state index < -0.39 is 12.2 Å². The third-order valence-electron chi connectivity index (χ3n) is 6.02. The molecular formula is C22H22ClN5O3. The zero-order chi connectivity index (χ0) is 21.7. The Morgan fingerprint density at radius 2 is 1.77 bits per heavy atom. The number of benzene rings is 2. The van der Waals surface area contributed by atoms with Crippen LogP contribution in [0, 0.1) is 0 Å². The average molecular weight is 440 g/mol. The molecule has 2 atom stereocenters. The second-order valence-corrected chi connectivity index (χ2v) is 8.21. The first-order valence-electron chi connectivity index (χ1n) is 10.1. The van der Waals surface area contributed by atoms with E-state index in [1.807, 2.05) is 41.3 Å². The van der Waals surface area contributed by atoms with Crippen LogP contribution in [0.3, 0.4) is 0 Å². The SMILES string of the molecule is COc1ccc(N2CCN3C2=NC2C3C(=O)N(Cc3ccc(Cl)cc3)C(=O)N2C)cc1. The van der Waals surface area contributed by atoms with Gasteiger partial charge in [0.15, 0.2) is 12.2 Å². The van der Waals surface area contributed by atoms with Crippen LogP contribution < -0.4 is 9.64 Å². The van der Waals surface area contributed by atoms with Crippen LogP contribution in [-0.2, 0) is 11.3 Å². The van der Waals surface area contributed by atoms with Crippen molar-refractivity contribution >= 4 is 35.2 Å². The number of aliphatic imine (C=N–C) groups is 1. The molecule has 5 rings (SSSR count). The van der Waals surface area contributed by atoms with Gasteiger partial charge in [0, 0.05) is 30.8 Å². The van der Waals surface area contributed by atoms with Crippen molar-refractivity contribution in [2.75, 3.05) is 32.1 Å². The van der Waals surface area contributed by atoms with Gasteiger partial charge in [0.2, 0.25) is 5.96 Å². The molecule has 160 valence electrons. The van der Waals surface area contributed by atoms with Crippen LogP contribution in [0.5, 0.6) is 5.75 Å². The van der Waals surface area contributed by atoms with Crippen molar-refractivity contribution in [2.45, 2.75) is 18.8 Å². The molecule has 2 unspecified atom stereocenters. The molecule has 2 aromatic carbocycles. The van der Waals surface area contributed by atoms with Gasteiger partial charge in [0.25, 0.3) is 5.91 Å². The maximum Gasteiger partial charge on any atom is 0.328 e. The van der Waals surface area contributed by atoms with Gasteiger partial charge in [0.1, 0.15) is 5.75 Å². The van der Waals surface area contributed by atoms with E-state index in [0.29, 0.717) is 11.6 Å². The van der Waals surface area contributed by atoms with Crippen LogP contribution in [-0.4, -0.2) is 72.1 Å². The van der Waals surface area contributed by atoms with Crippen molar-refractivity contribution in [3.63, 3.8) is 0 Å². The molecule has 0 aliphatic carbocycles. The number of carbonyl (C=O) groups excluding carboxylic acids is 2. The predicted octanol–water partition coefficient (Wildman–Crippen LogP) is 2.63. The van der Waals surface area contributed by atoms with Gasteiger partial charge < -0.3 is 19.4 Å². The van der Waals surface area contributed by atoms with Crippen LogP contribution in [0.25, 0.3) is 0 Å². The minimum Gasteiger partial charge on any atom is -0.497 e. The lowest BCUT2D eigenvalue weighted by Gasteiger charge is -2.40. The number of ether oxygens (including phenoxy) is 1. The number of halogens is 1. The zero-order valence-corrected chi connectivity index (χ0v) is 18.0. The second-order valence-electron chi connectivity index (χ2n) is 7.77. The number of amides is 3. The van der Waals surface area contributed by atoms with E-state index in [1.165, 1.54) is 4.90 Å². The topological polar surface area (TPSA) is 68.7 Å². The van der Waals surface area contributed by atoms with Crippen LogP contribution in [0.1, 0.15) is 5.56 Å². The highest BCUT2D eigenvalue weighted by Gasteiger charge is 2.54. The molecule has 31 heavy (non-hydrogen) atoms. The highest BCUT2D eigenvalue weighted by Crippen LogP contribution is 2.34. The second kappa shape index (κ2) is 7.46. The van der Waals surface area contributed by atoms with Gasteiger partial charge in [-0.2, -0.15) is 0 Å². The monoisotopic (exact) mass is 439 g/mol. The summed E-state index contributed by atoms with van der Waals surface area (Å²) in [6, 6.07) is 14.0. The molecule has 0 bridgehead atoms. The van der Waals surface area contributed by atoms with Crippen molar-refractivity contribution in [3.05, 3.63) is 59.1 Å². The molecule has 0 N–H and O–H groups in total. The normalized spacial score (nSPS) is 22.6. The van der Waals surface area contributed by atoms with Crippen molar-refractivity contribution in [3.8, 4) is 5.75 Å². The molecule has 0 radical (unpaired) electrons. The largest absolute Gasteiger partial charge is 0.497 e. The third kappa shape index (κ3) is 3.18. The Bertz CT molecular complexity index is 1060. The smallest absolute Gasteiger partial charge is 0.328 e. The Kier molecular flexibility index (Phi) is 4.74. The first-order valence-corrected chi connectivity index (χ1v) is 10.4. The number of fused-ring (bicyclic) bond motifs is 3. The summed E-state index contributed by atoms with van der Waals surface area (Å²) in [5, 5.41) is 0.613. The van der Waals surface area contributed by atoms with Crippen molar-refractivity contribution in [1.29, 1.82) is 0 Å². The minimum atomic E-state index is -0.530. The Morgan fingerprint density at radius 1 is 1.06 bits per heavy atom. The molecule has 0 spiro atoms. The van der Waals surface area contributed by atoms with Gasteiger partial charge in [0.05, 0.1) is 13.7 Å². The Hall–Kier alpha value is -3.26. The van der Waals surface area contributed by atoms with E-state index in [1.54, 1.807) is 31.2 Å². The number of imide groups is 1. The minimum absolute atomic E-state index is 0.202. The Labute approximate surface area is 185 Å². The lowest BCUT2D eigenvalue weighted by molar-refractivity contribution is -0.137. The molecule has 3 aliphatic rings. The molecule has 3 amide bonds. The van der Waals surface area contributed by atoms with Crippen molar-refractivity contribution in [2.24, 2.45) is 4.99 Å². The van der Waals surface area contributed by atoms with E-state index in [0.717, 1.165) is 29.5 Å². The molecule has 2 aromatic rings. The van der Waals surface area contributed by atoms with Gasteiger partial charge in [-0.15, -0.1) is 0 Å². The summed E-state index contributed by atoms with van der Waals surface area (Å²) in [5.74, 6) is 1.28. The molecule has 8 nitrogen and oxygen atoms in total. The van der Waals surface area contributed by atoms with Crippen molar-refractivity contribution < 1.29 is 14.3 Å². The Balaban J connectivity index is 1.41. The number of hydrogen-bond donors (Lipinski definition) is 0. The highest BCUT2D eigenvalue weighted by molar-refractivity contribution is 6.30. The van der Waals surface area contributed by atoms with Gasteiger partial charge in [-0.1, -0.05) is 23.7 Å². The summed E-state index contributed by atoms with van der Waals surface area (Å²) in [6.07, 6.45) is -0.530. The molecule has 0 aromatic heterocycles. The average Bonchev–Trinajstić information content (AvgIpc) is 3.36. The van der Waals surface area contributed by atoms with Crippen LogP contribution in [0.2, 0.25) is 5.02 Å². The molecule has 0 saturated carbocycles. The number of hydrogen-bond acceptors (Lipinski definition) is 6. The zero-order valence-electron chi connectivity index (χ0n) is 17.2. The number of guanidine groups is 1. The standard InChI is InChI=1S/C22H22ClN5O3/c1-25-19-18(20(29)28(22(25)30)13-14-3-5-15(23)6-4-14)27-12-11-26(21(27)24-19)16-7-9-17(31-2)10-8-16/h3-10,18-19H,11-13H2,1-2H3. The number of carbonyl (C=O) groups is 2. The molecule has 2 fully saturated rings. The van der Waals surface area contributed by atoms with Crippen LogP contribution in [0.15, 0.2) is 53.5 Å². The fraction of sp³-hybridized carbons (Fsp3) is 0.318. The van der Waals surface area contributed by atoms with Crippen LogP contribution >= 0.6 is 11.6 Å². The molecule has 9 heteroatoms. The van der Waals surface area contributed by atoms with E-state index in [9.17, 15) is 9.59 Å². The quantitative estimate of drug-likeness (QED) is 0.732. The number of likely N-dealkylation sites (N-methyl/N-ethyl adjacent to an activating group) is 1. The summed E-state index contributed by atoms with van der Waals surface area (Å²) >= 11 is 5.96. The fourth-order valence-corrected chi connectivity index (χ4v) is 4.49. The maximum atomic E-state index is 13.4. The third-order valence-corrected chi connectivity index (χ3v) is 6.27. The number of methoxy groups -OCH3 is 1. The highest BCUT2D eigenvalue weighted by atomic mass is 35.5. The van der Waals surface area contributed by atoms with E-state index in [2.05, 4.69) is 4.90 Å². The van der Waals surface area contributed by atoms with Gasteiger partial charge in [-0.05, 0) is 42.0 Å². The lowest BCUT2D eigenvalue weighted by Crippen LogP contribution is -2.64. The number of rotatable bonds is 4. The van der Waals surface area contributed by atoms with E-state index >= 15 is 0 Å². The first-order chi connectivity index (χ1) is 15.0. The van der Waals surface area contributed by atoms with Gasteiger partial charge in [-0.25, -0.2) is 9.79 Å². The summed E-state index contributed by atoms with van der Waals surface area (Å²) in [6.45, 7) is 1.58. The lowest BCUT2D eigenvalue weighted by atomic mass is 10.1. The summed E-state index contributed by atoms with van der Waals surface area (Å²) in [4.78, 5) is 38.1. The van der Waals surface area contributed by atoms with E-state index in [-0.39, 0.29) is 18.5 Å². The van der Waals surface area contributed by atoms with Gasteiger partial charge in [-0.3, -0.25) is 9.69 Å². The van der Waals surface area contributed by atoms with Crippen LogP contribution in [0.4, 0.5) is 10.5 Å². The van der Waals surface area contributed by atoms with Crippen molar-refractivity contribution in [1.82, 2.24) is 14.7 Å². The molecule has 3 aliphatic heterocycles. The first kappa shape index (κ1) is 19.7. The summed E-state index contributed by atoms with van der Waals surface area (Å²) in [7, 11) is 3.33. The van der Waals surface area contributed by atoms with E-state index in [4.69, 9.17) is 21.3 Å². The maximum absolute atomic E-state index is 13.4. The predicted molar refractivity (Wildman–Crippen MR) is 117 cm³/mol. The summed E-state index contributed by atoms with van der Waals surface area (Å²) < 4.78 is 5.24. The summed E-state index contributed by atoms with van der Waals surface area (Å²) in [5.41, 5.74) is 1.82. The number of urea groups is 1.